The lowest BCUT2D eigenvalue weighted by Crippen LogP contribution is -2.49. The van der Waals surface area contributed by atoms with Gasteiger partial charge in [0.1, 0.15) is 5.78 Å². The van der Waals surface area contributed by atoms with E-state index in [0.717, 1.165) is 49.7 Å². The fourth-order valence-electron chi connectivity index (χ4n) is 6.23. The molecule has 120 valence electrons. The SMILES string of the molecule is COC1=CC2=CCC3C4CCC(=O)C4(C)CCC3[C@@]2(C)CC1. The summed E-state index contributed by atoms with van der Waals surface area (Å²) in [7, 11) is 1.79. The molecule has 0 aromatic heterocycles. The first-order valence-corrected chi connectivity index (χ1v) is 8.97. The smallest absolute Gasteiger partial charge is 0.139 e. The van der Waals surface area contributed by atoms with Crippen molar-refractivity contribution in [2.75, 3.05) is 7.11 Å². The van der Waals surface area contributed by atoms with E-state index in [9.17, 15) is 4.79 Å². The molecule has 0 spiro atoms. The zero-order chi connectivity index (χ0) is 15.5. The highest BCUT2D eigenvalue weighted by atomic mass is 16.5. The normalized spacial score (nSPS) is 47.0. The van der Waals surface area contributed by atoms with E-state index in [2.05, 4.69) is 26.0 Å². The summed E-state index contributed by atoms with van der Waals surface area (Å²) >= 11 is 0. The van der Waals surface area contributed by atoms with Gasteiger partial charge in [-0.2, -0.15) is 0 Å². The molecule has 2 heteroatoms. The molecule has 4 aliphatic rings. The maximum Gasteiger partial charge on any atom is 0.139 e. The van der Waals surface area contributed by atoms with Crippen molar-refractivity contribution in [3.8, 4) is 0 Å². The summed E-state index contributed by atoms with van der Waals surface area (Å²) in [5.41, 5.74) is 1.80. The van der Waals surface area contributed by atoms with Crippen molar-refractivity contribution in [3.05, 3.63) is 23.5 Å². The van der Waals surface area contributed by atoms with Gasteiger partial charge in [-0.25, -0.2) is 0 Å². The van der Waals surface area contributed by atoms with Crippen molar-refractivity contribution < 1.29 is 9.53 Å². The molecule has 4 unspecified atom stereocenters. The van der Waals surface area contributed by atoms with Gasteiger partial charge in [0, 0.05) is 18.3 Å². The second-order valence-corrected chi connectivity index (χ2v) is 8.42. The minimum atomic E-state index is -0.00886. The monoisotopic (exact) mass is 300 g/mol. The van der Waals surface area contributed by atoms with E-state index in [1.165, 1.54) is 18.4 Å². The highest BCUT2D eigenvalue weighted by Crippen LogP contribution is 2.63. The lowest BCUT2D eigenvalue weighted by molar-refractivity contribution is -0.131. The predicted octanol–water partition coefficient (Wildman–Crippen LogP) is 4.66. The standard InChI is InChI=1S/C20H28O2/c1-19-10-8-14(22-3)12-13(19)4-5-15-16-6-7-18(21)20(16,2)11-9-17(15)19/h4,12,15-17H,5-11H2,1-3H3/t15?,16?,17?,19-,20?/m0/s1. The lowest BCUT2D eigenvalue weighted by Gasteiger charge is -2.55. The van der Waals surface area contributed by atoms with Crippen molar-refractivity contribution in [3.63, 3.8) is 0 Å². The van der Waals surface area contributed by atoms with Crippen LogP contribution < -0.4 is 0 Å². The van der Waals surface area contributed by atoms with Gasteiger partial charge in [-0.3, -0.25) is 4.79 Å². The van der Waals surface area contributed by atoms with Crippen molar-refractivity contribution >= 4 is 5.78 Å². The van der Waals surface area contributed by atoms with Crippen molar-refractivity contribution in [1.29, 1.82) is 0 Å². The van der Waals surface area contributed by atoms with Crippen molar-refractivity contribution in [2.45, 2.75) is 58.8 Å². The second-order valence-electron chi connectivity index (χ2n) is 8.42. The third-order valence-electron chi connectivity index (χ3n) is 7.70. The first-order valence-electron chi connectivity index (χ1n) is 8.97. The van der Waals surface area contributed by atoms with Crippen LogP contribution in [0.25, 0.3) is 0 Å². The number of carbonyl (C=O) groups is 1. The Morgan fingerprint density at radius 1 is 1.09 bits per heavy atom. The van der Waals surface area contributed by atoms with Gasteiger partial charge in [0.25, 0.3) is 0 Å². The van der Waals surface area contributed by atoms with Crippen molar-refractivity contribution in [1.82, 2.24) is 0 Å². The molecule has 2 nitrogen and oxygen atoms in total. The Morgan fingerprint density at radius 3 is 2.64 bits per heavy atom. The number of carbonyl (C=O) groups excluding carboxylic acids is 1. The molecular weight excluding hydrogens is 272 g/mol. The number of fused-ring (bicyclic) bond motifs is 5. The first kappa shape index (κ1) is 14.5. The minimum Gasteiger partial charge on any atom is -0.501 e. The molecule has 2 saturated carbocycles. The molecule has 4 aliphatic carbocycles. The van der Waals surface area contributed by atoms with E-state index in [1.807, 2.05) is 0 Å². The number of methoxy groups -OCH3 is 1. The molecule has 4 rings (SSSR count). The molecule has 0 N–H and O–H groups in total. The Balaban J connectivity index is 1.71. The summed E-state index contributed by atoms with van der Waals surface area (Å²) in [6.45, 7) is 4.73. The summed E-state index contributed by atoms with van der Waals surface area (Å²) in [5.74, 6) is 3.78. The number of rotatable bonds is 1. The molecule has 22 heavy (non-hydrogen) atoms. The van der Waals surface area contributed by atoms with E-state index in [4.69, 9.17) is 4.74 Å². The maximum atomic E-state index is 12.4. The Labute approximate surface area is 134 Å². The Hall–Kier alpha value is -1.05. The first-order chi connectivity index (χ1) is 10.5. The predicted molar refractivity (Wildman–Crippen MR) is 87.2 cm³/mol. The largest absolute Gasteiger partial charge is 0.501 e. The van der Waals surface area contributed by atoms with E-state index in [0.29, 0.717) is 17.1 Å². The fourth-order valence-corrected chi connectivity index (χ4v) is 6.23. The van der Waals surface area contributed by atoms with Crippen molar-refractivity contribution in [2.24, 2.45) is 28.6 Å². The van der Waals surface area contributed by atoms with Crippen LogP contribution in [-0.2, 0) is 9.53 Å². The summed E-state index contributed by atoms with van der Waals surface area (Å²) in [5, 5.41) is 0. The van der Waals surface area contributed by atoms with Crippen LogP contribution in [0.3, 0.4) is 0 Å². The minimum absolute atomic E-state index is 0.00886. The van der Waals surface area contributed by atoms with E-state index >= 15 is 0 Å². The van der Waals surface area contributed by atoms with E-state index in [-0.39, 0.29) is 5.41 Å². The van der Waals surface area contributed by atoms with Gasteiger partial charge < -0.3 is 4.74 Å². The molecule has 2 fully saturated rings. The Bertz CT molecular complexity index is 572. The number of allylic oxidation sites excluding steroid dienone is 4. The zero-order valence-electron chi connectivity index (χ0n) is 14.2. The molecule has 0 aliphatic heterocycles. The van der Waals surface area contributed by atoms with Crippen LogP contribution in [0.1, 0.15) is 58.8 Å². The molecule has 0 aromatic carbocycles. The highest BCUT2D eigenvalue weighted by Gasteiger charge is 2.58. The van der Waals surface area contributed by atoms with Gasteiger partial charge in [-0.15, -0.1) is 0 Å². The van der Waals surface area contributed by atoms with Gasteiger partial charge in [0.05, 0.1) is 12.9 Å². The van der Waals surface area contributed by atoms with Crippen LogP contribution in [0.4, 0.5) is 0 Å². The van der Waals surface area contributed by atoms with Crippen LogP contribution in [0.15, 0.2) is 23.5 Å². The second kappa shape index (κ2) is 4.72. The molecule has 5 atom stereocenters. The highest BCUT2D eigenvalue weighted by molar-refractivity contribution is 5.87. The van der Waals surface area contributed by atoms with Gasteiger partial charge >= 0.3 is 0 Å². The van der Waals surface area contributed by atoms with E-state index < -0.39 is 0 Å². The van der Waals surface area contributed by atoms with Gasteiger partial charge in [-0.1, -0.05) is 19.9 Å². The average Bonchev–Trinajstić information content (AvgIpc) is 2.82. The maximum absolute atomic E-state index is 12.4. The summed E-state index contributed by atoms with van der Waals surface area (Å²) in [6.07, 6.45) is 12.5. The number of hydrogen-bond donors (Lipinski definition) is 0. The van der Waals surface area contributed by atoms with Gasteiger partial charge in [0.2, 0.25) is 0 Å². The van der Waals surface area contributed by atoms with Crippen LogP contribution in [0, 0.1) is 28.6 Å². The van der Waals surface area contributed by atoms with Gasteiger partial charge in [-0.05, 0) is 66.9 Å². The third-order valence-corrected chi connectivity index (χ3v) is 7.70. The Kier molecular flexibility index (Phi) is 3.12. The Morgan fingerprint density at radius 2 is 1.86 bits per heavy atom. The number of Topliss-reactive ketones (excluding diaryl/α,β-unsaturated/α-hetero) is 1. The molecule has 0 radical (unpaired) electrons. The lowest BCUT2D eigenvalue weighted by atomic mass is 9.49. The van der Waals surface area contributed by atoms with Crippen LogP contribution >= 0.6 is 0 Å². The molecule has 0 aromatic rings. The third kappa shape index (κ3) is 1.76. The topological polar surface area (TPSA) is 26.3 Å². The number of hydrogen-bond acceptors (Lipinski definition) is 2. The average molecular weight is 300 g/mol. The summed E-state index contributed by atoms with van der Waals surface area (Å²) in [4.78, 5) is 12.4. The van der Waals surface area contributed by atoms with E-state index in [1.54, 1.807) is 7.11 Å². The molecule has 0 bridgehead atoms. The summed E-state index contributed by atoms with van der Waals surface area (Å²) < 4.78 is 5.50. The van der Waals surface area contributed by atoms with Crippen LogP contribution in [0.2, 0.25) is 0 Å². The number of ether oxygens (including phenoxy) is 1. The van der Waals surface area contributed by atoms with Gasteiger partial charge in [0.15, 0.2) is 0 Å². The number of ketones is 1. The summed E-state index contributed by atoms with van der Waals surface area (Å²) in [6, 6.07) is 0. The quantitative estimate of drug-likeness (QED) is 0.704. The van der Waals surface area contributed by atoms with Crippen LogP contribution in [0.5, 0.6) is 0 Å². The molecular formula is C20H28O2. The molecule has 0 heterocycles. The molecule has 0 amide bonds. The van der Waals surface area contributed by atoms with Crippen LogP contribution in [-0.4, -0.2) is 12.9 Å². The fraction of sp³-hybridized carbons (Fsp3) is 0.750. The zero-order valence-corrected chi connectivity index (χ0v) is 14.2. The molecule has 0 saturated heterocycles.